The minimum Gasteiger partial charge on any atom is -0.393 e. The molecule has 4 nitrogen and oxygen atoms in total. The number of hydrogen-bond donors (Lipinski definition) is 2. The Morgan fingerprint density at radius 1 is 1.35 bits per heavy atom. The molecule has 0 aromatic rings. The van der Waals surface area contributed by atoms with E-state index in [-0.39, 0.29) is 34.8 Å². The Morgan fingerprint density at radius 3 is 2.83 bits per heavy atom. The number of piperidine rings is 1. The van der Waals surface area contributed by atoms with Crippen molar-refractivity contribution >= 4 is 5.91 Å². The Morgan fingerprint density at radius 2 is 2.09 bits per heavy atom. The standard InChI is InChI=1S/C19H30N2O2/c1-18-9-8-16(23)21(3)15(18)7-4-11-12-5-6-14(20)19(12,2)10-13(22)17(11)18/h7,11-14,17,22H,4-6,8-10,20H2,1-3H3/t11?,12?,13-,14-,17?,18-,19-/m0/s1. The maximum absolute atomic E-state index is 12.1. The quantitative estimate of drug-likeness (QED) is 0.720. The zero-order valence-corrected chi connectivity index (χ0v) is 14.6. The van der Waals surface area contributed by atoms with E-state index in [1.165, 1.54) is 6.42 Å². The summed E-state index contributed by atoms with van der Waals surface area (Å²) in [6.07, 6.45) is 7.54. The third-order valence-corrected chi connectivity index (χ3v) is 8.02. The van der Waals surface area contributed by atoms with Gasteiger partial charge in [-0.15, -0.1) is 0 Å². The average Bonchev–Trinajstić information content (AvgIpc) is 2.78. The van der Waals surface area contributed by atoms with Crippen LogP contribution in [0.1, 0.15) is 52.4 Å². The molecule has 0 bridgehead atoms. The number of carbonyl (C=O) groups is 1. The van der Waals surface area contributed by atoms with E-state index in [0.29, 0.717) is 18.3 Å². The zero-order chi connectivity index (χ0) is 16.6. The fraction of sp³-hybridized carbons (Fsp3) is 0.842. The molecule has 23 heavy (non-hydrogen) atoms. The molecule has 3 aliphatic carbocycles. The third-order valence-electron chi connectivity index (χ3n) is 8.02. The van der Waals surface area contributed by atoms with Gasteiger partial charge in [-0.25, -0.2) is 0 Å². The van der Waals surface area contributed by atoms with Gasteiger partial charge in [-0.1, -0.05) is 19.9 Å². The first-order chi connectivity index (χ1) is 10.8. The molecule has 4 rings (SSSR count). The Kier molecular flexibility index (Phi) is 3.28. The first kappa shape index (κ1) is 15.6. The van der Waals surface area contributed by atoms with Crippen LogP contribution in [0.2, 0.25) is 0 Å². The first-order valence-electron chi connectivity index (χ1n) is 9.20. The number of nitrogens with zero attached hydrogens (tertiary/aromatic N) is 1. The maximum Gasteiger partial charge on any atom is 0.226 e. The van der Waals surface area contributed by atoms with Crippen molar-refractivity contribution in [3.05, 3.63) is 11.8 Å². The number of fused-ring (bicyclic) bond motifs is 5. The van der Waals surface area contributed by atoms with Gasteiger partial charge in [-0.3, -0.25) is 4.79 Å². The van der Waals surface area contributed by atoms with Gasteiger partial charge < -0.3 is 15.7 Å². The monoisotopic (exact) mass is 318 g/mol. The van der Waals surface area contributed by atoms with E-state index in [1.54, 1.807) is 0 Å². The summed E-state index contributed by atoms with van der Waals surface area (Å²) < 4.78 is 0. The fourth-order valence-electron chi connectivity index (χ4n) is 6.76. The normalized spacial score (nSPS) is 52.6. The van der Waals surface area contributed by atoms with Crippen LogP contribution < -0.4 is 5.73 Å². The first-order valence-corrected chi connectivity index (χ1v) is 9.20. The highest BCUT2D eigenvalue weighted by atomic mass is 16.3. The summed E-state index contributed by atoms with van der Waals surface area (Å²) in [5.41, 5.74) is 7.60. The highest BCUT2D eigenvalue weighted by molar-refractivity contribution is 5.79. The van der Waals surface area contributed by atoms with E-state index in [9.17, 15) is 9.90 Å². The molecule has 4 heteroatoms. The predicted octanol–water partition coefficient (Wildman–Crippen LogP) is 2.27. The maximum atomic E-state index is 12.1. The van der Waals surface area contributed by atoms with Crippen LogP contribution in [0.4, 0.5) is 0 Å². The second kappa shape index (κ2) is 4.82. The average molecular weight is 318 g/mol. The van der Waals surface area contributed by atoms with Gasteiger partial charge in [0.2, 0.25) is 5.91 Å². The summed E-state index contributed by atoms with van der Waals surface area (Å²) in [6, 6.07) is 0.219. The Bertz CT molecular complexity index is 574. The van der Waals surface area contributed by atoms with Crippen LogP contribution in [0.15, 0.2) is 11.8 Å². The lowest BCUT2D eigenvalue weighted by Gasteiger charge is -2.59. The Balaban J connectivity index is 1.76. The van der Waals surface area contributed by atoms with Gasteiger partial charge in [0.25, 0.3) is 0 Å². The number of rotatable bonds is 0. The Hall–Kier alpha value is -0.870. The number of hydrogen-bond acceptors (Lipinski definition) is 3. The predicted molar refractivity (Wildman–Crippen MR) is 89.2 cm³/mol. The minimum atomic E-state index is -0.305. The fourth-order valence-corrected chi connectivity index (χ4v) is 6.76. The van der Waals surface area contributed by atoms with Crippen LogP contribution in [-0.4, -0.2) is 35.1 Å². The molecule has 1 heterocycles. The molecule has 1 aliphatic heterocycles. The lowest BCUT2D eigenvalue weighted by Crippen LogP contribution is -2.59. The molecular formula is C19H30N2O2. The van der Waals surface area contributed by atoms with Gasteiger partial charge in [0.1, 0.15) is 0 Å². The van der Waals surface area contributed by atoms with Crippen molar-refractivity contribution in [2.75, 3.05) is 7.05 Å². The summed E-state index contributed by atoms with van der Waals surface area (Å²) in [7, 11) is 1.90. The van der Waals surface area contributed by atoms with E-state index in [2.05, 4.69) is 19.9 Å². The second-order valence-electron chi connectivity index (χ2n) is 8.95. The van der Waals surface area contributed by atoms with Crippen molar-refractivity contribution in [3.8, 4) is 0 Å². The molecule has 3 unspecified atom stereocenters. The van der Waals surface area contributed by atoms with E-state index in [4.69, 9.17) is 5.73 Å². The number of likely N-dealkylation sites (tertiary alicyclic amines) is 1. The molecule has 0 radical (unpaired) electrons. The summed E-state index contributed by atoms with van der Waals surface area (Å²) in [6.45, 7) is 4.58. The topological polar surface area (TPSA) is 66.6 Å². The number of carbonyl (C=O) groups excluding carboxylic acids is 1. The van der Waals surface area contributed by atoms with Crippen molar-refractivity contribution < 1.29 is 9.90 Å². The molecule has 3 fully saturated rings. The van der Waals surface area contributed by atoms with Crippen LogP contribution >= 0.6 is 0 Å². The molecule has 1 saturated heterocycles. The van der Waals surface area contributed by atoms with Crippen molar-refractivity contribution in [1.82, 2.24) is 4.90 Å². The second-order valence-corrected chi connectivity index (χ2v) is 8.95. The van der Waals surface area contributed by atoms with Crippen molar-refractivity contribution in [1.29, 1.82) is 0 Å². The number of aliphatic hydroxyl groups is 1. The Labute approximate surface area is 139 Å². The zero-order valence-electron chi connectivity index (χ0n) is 14.6. The number of amides is 1. The lowest BCUT2D eigenvalue weighted by molar-refractivity contribution is -0.144. The van der Waals surface area contributed by atoms with E-state index < -0.39 is 0 Å². The molecule has 128 valence electrons. The van der Waals surface area contributed by atoms with Gasteiger partial charge >= 0.3 is 0 Å². The highest BCUT2D eigenvalue weighted by Gasteiger charge is 2.61. The van der Waals surface area contributed by atoms with Crippen LogP contribution in [0.25, 0.3) is 0 Å². The molecule has 3 N–H and O–H groups in total. The van der Waals surface area contributed by atoms with Gasteiger partial charge in [0.15, 0.2) is 0 Å². The molecular weight excluding hydrogens is 288 g/mol. The highest BCUT2D eigenvalue weighted by Crippen LogP contribution is 2.64. The summed E-state index contributed by atoms with van der Waals surface area (Å²) in [4.78, 5) is 14.0. The summed E-state index contributed by atoms with van der Waals surface area (Å²) >= 11 is 0. The van der Waals surface area contributed by atoms with Gasteiger partial charge in [-0.2, -0.15) is 0 Å². The largest absolute Gasteiger partial charge is 0.393 e. The van der Waals surface area contributed by atoms with E-state index in [0.717, 1.165) is 31.4 Å². The number of allylic oxidation sites excluding steroid dienone is 2. The molecule has 2 saturated carbocycles. The van der Waals surface area contributed by atoms with Crippen molar-refractivity contribution in [2.45, 2.75) is 64.5 Å². The summed E-state index contributed by atoms with van der Waals surface area (Å²) in [5, 5.41) is 11.1. The lowest BCUT2D eigenvalue weighted by atomic mass is 9.48. The molecule has 0 spiro atoms. The smallest absolute Gasteiger partial charge is 0.226 e. The molecule has 4 aliphatic rings. The van der Waals surface area contributed by atoms with Crippen molar-refractivity contribution in [2.24, 2.45) is 34.3 Å². The van der Waals surface area contributed by atoms with Crippen LogP contribution in [0, 0.1) is 28.6 Å². The SMILES string of the molecule is CN1C(=O)CC[C@@]2(C)C1=CCC1C2[C@@H](O)C[C@@]2(C)C1CC[C@@H]2N. The van der Waals surface area contributed by atoms with Crippen LogP contribution in [0.5, 0.6) is 0 Å². The number of nitrogens with two attached hydrogens (primary N) is 1. The molecule has 0 aromatic heterocycles. The van der Waals surface area contributed by atoms with Gasteiger partial charge in [-0.05, 0) is 55.3 Å². The third kappa shape index (κ3) is 1.88. The van der Waals surface area contributed by atoms with E-state index >= 15 is 0 Å². The molecule has 7 atom stereocenters. The van der Waals surface area contributed by atoms with E-state index in [1.807, 2.05) is 11.9 Å². The minimum absolute atomic E-state index is 0.0704. The van der Waals surface area contributed by atoms with Gasteiger partial charge in [0.05, 0.1) is 6.10 Å². The number of aliphatic hydroxyl groups excluding tert-OH is 1. The molecule has 0 aromatic carbocycles. The summed E-state index contributed by atoms with van der Waals surface area (Å²) in [5.74, 6) is 1.60. The van der Waals surface area contributed by atoms with Crippen molar-refractivity contribution in [3.63, 3.8) is 0 Å². The van der Waals surface area contributed by atoms with Crippen LogP contribution in [0.3, 0.4) is 0 Å². The molecule has 1 amide bonds. The van der Waals surface area contributed by atoms with Gasteiger partial charge in [0, 0.05) is 30.6 Å². The van der Waals surface area contributed by atoms with Crippen LogP contribution in [-0.2, 0) is 4.79 Å².